The van der Waals surface area contributed by atoms with Crippen molar-refractivity contribution in [1.82, 2.24) is 4.31 Å². The maximum absolute atomic E-state index is 12.8. The fraction of sp³-hybridized carbons (Fsp3) is 0.350. The number of amides is 1. The standard InChI is InChI=1S/C20H24ClN3O3S/c1-15-3-6-17(7-4-15)28(26,27)24-11-9-23(10-12-24)14-20(25)22-19-8-5-16(2)13-18(19)21/h3-8,13H,9-12,14H2,1-2H3,(H,22,25)/p+1. The highest BCUT2D eigenvalue weighted by Crippen LogP contribution is 2.22. The average Bonchev–Trinajstić information content (AvgIpc) is 2.65. The first-order valence-electron chi connectivity index (χ1n) is 9.22. The van der Waals surface area contributed by atoms with E-state index in [0.29, 0.717) is 41.8 Å². The summed E-state index contributed by atoms with van der Waals surface area (Å²) in [6, 6.07) is 12.4. The number of rotatable bonds is 5. The third-order valence-corrected chi connectivity index (χ3v) is 7.12. The number of nitrogens with one attached hydrogen (secondary N) is 2. The van der Waals surface area contributed by atoms with Gasteiger partial charge in [0, 0.05) is 0 Å². The van der Waals surface area contributed by atoms with Gasteiger partial charge in [0.1, 0.15) is 0 Å². The van der Waals surface area contributed by atoms with Gasteiger partial charge in [0.25, 0.3) is 5.91 Å². The van der Waals surface area contributed by atoms with Gasteiger partial charge in [-0.3, -0.25) is 4.79 Å². The van der Waals surface area contributed by atoms with Gasteiger partial charge >= 0.3 is 0 Å². The molecule has 2 aromatic rings. The van der Waals surface area contributed by atoms with Crippen molar-refractivity contribution in [3.8, 4) is 0 Å². The first-order chi connectivity index (χ1) is 13.3. The van der Waals surface area contributed by atoms with Crippen molar-refractivity contribution in [1.29, 1.82) is 0 Å². The first kappa shape index (κ1) is 20.8. The number of carbonyl (C=O) groups excluding carboxylic acids is 1. The summed E-state index contributed by atoms with van der Waals surface area (Å²) in [5.41, 5.74) is 2.64. The molecule has 0 aromatic heterocycles. The summed E-state index contributed by atoms with van der Waals surface area (Å²) >= 11 is 6.16. The van der Waals surface area contributed by atoms with Crippen LogP contribution >= 0.6 is 11.6 Å². The van der Waals surface area contributed by atoms with E-state index in [1.165, 1.54) is 4.31 Å². The monoisotopic (exact) mass is 422 g/mol. The third-order valence-electron chi connectivity index (χ3n) is 4.90. The molecule has 0 atom stereocenters. The Morgan fingerprint density at radius 2 is 1.68 bits per heavy atom. The Hall–Kier alpha value is -1.93. The summed E-state index contributed by atoms with van der Waals surface area (Å²) < 4.78 is 27.0. The molecule has 0 bridgehead atoms. The van der Waals surface area contributed by atoms with Gasteiger partial charge in [-0.2, -0.15) is 4.31 Å². The number of benzene rings is 2. The summed E-state index contributed by atoms with van der Waals surface area (Å²) in [5.74, 6) is -0.129. The Morgan fingerprint density at radius 1 is 1.07 bits per heavy atom. The van der Waals surface area contributed by atoms with E-state index in [9.17, 15) is 13.2 Å². The SMILES string of the molecule is Cc1ccc(S(=O)(=O)N2CC[NH+](CC(=O)Nc3ccc(C)cc3Cl)CC2)cc1. The van der Waals surface area contributed by atoms with E-state index < -0.39 is 10.0 Å². The molecule has 6 nitrogen and oxygen atoms in total. The highest BCUT2D eigenvalue weighted by molar-refractivity contribution is 7.89. The minimum atomic E-state index is -3.49. The molecule has 1 aliphatic rings. The minimum absolute atomic E-state index is 0.129. The molecule has 0 radical (unpaired) electrons. The lowest BCUT2D eigenvalue weighted by Crippen LogP contribution is -3.15. The number of quaternary nitrogens is 1. The molecule has 28 heavy (non-hydrogen) atoms. The second kappa shape index (κ2) is 8.61. The van der Waals surface area contributed by atoms with Crippen molar-refractivity contribution in [3.05, 3.63) is 58.6 Å². The van der Waals surface area contributed by atoms with Gasteiger partial charge in [0.05, 0.1) is 41.8 Å². The van der Waals surface area contributed by atoms with Gasteiger partial charge in [0.15, 0.2) is 6.54 Å². The zero-order valence-corrected chi connectivity index (χ0v) is 17.6. The Bertz CT molecular complexity index is 953. The molecule has 1 heterocycles. The summed E-state index contributed by atoms with van der Waals surface area (Å²) in [6.45, 7) is 6.09. The number of sulfonamides is 1. The van der Waals surface area contributed by atoms with Gasteiger partial charge in [-0.25, -0.2) is 8.42 Å². The van der Waals surface area contributed by atoms with Crippen molar-refractivity contribution in [3.63, 3.8) is 0 Å². The van der Waals surface area contributed by atoms with E-state index in [4.69, 9.17) is 11.6 Å². The second-order valence-corrected chi connectivity index (χ2v) is 9.52. The van der Waals surface area contributed by atoms with Crippen LogP contribution in [0.4, 0.5) is 5.69 Å². The topological polar surface area (TPSA) is 70.9 Å². The van der Waals surface area contributed by atoms with Crippen LogP contribution < -0.4 is 10.2 Å². The molecule has 0 unspecified atom stereocenters. The smallest absolute Gasteiger partial charge is 0.279 e. The van der Waals surface area contributed by atoms with E-state index in [1.54, 1.807) is 36.4 Å². The van der Waals surface area contributed by atoms with Crippen molar-refractivity contribution >= 4 is 33.2 Å². The molecular formula is C20H25ClN3O3S+. The molecule has 2 N–H and O–H groups in total. The number of hydrogen-bond acceptors (Lipinski definition) is 3. The number of carbonyl (C=O) groups is 1. The minimum Gasteiger partial charge on any atom is -0.325 e. The lowest BCUT2D eigenvalue weighted by Gasteiger charge is -2.31. The van der Waals surface area contributed by atoms with E-state index in [1.807, 2.05) is 19.9 Å². The molecule has 1 saturated heterocycles. The van der Waals surface area contributed by atoms with Crippen LogP contribution in [0.1, 0.15) is 11.1 Å². The highest BCUT2D eigenvalue weighted by Gasteiger charge is 2.31. The zero-order chi connectivity index (χ0) is 20.3. The summed E-state index contributed by atoms with van der Waals surface area (Å²) in [6.07, 6.45) is 0. The molecule has 0 aliphatic carbocycles. The van der Waals surface area contributed by atoms with Gasteiger partial charge in [-0.15, -0.1) is 0 Å². The van der Waals surface area contributed by atoms with Crippen LogP contribution in [0.2, 0.25) is 5.02 Å². The van der Waals surface area contributed by atoms with Gasteiger partial charge in [-0.1, -0.05) is 35.4 Å². The highest BCUT2D eigenvalue weighted by atomic mass is 35.5. The number of nitrogens with zero attached hydrogens (tertiary/aromatic N) is 1. The number of anilines is 1. The summed E-state index contributed by atoms with van der Waals surface area (Å²) in [7, 11) is -3.49. The predicted octanol–water partition coefficient (Wildman–Crippen LogP) is 1.48. The zero-order valence-electron chi connectivity index (χ0n) is 16.0. The molecule has 0 saturated carbocycles. The van der Waals surface area contributed by atoms with Crippen LogP contribution in [0.3, 0.4) is 0 Å². The molecule has 0 spiro atoms. The molecule has 2 aromatic carbocycles. The Balaban J connectivity index is 1.55. The third kappa shape index (κ3) is 4.91. The van der Waals surface area contributed by atoms with Crippen molar-refractivity contribution < 1.29 is 18.1 Å². The number of halogens is 1. The quantitative estimate of drug-likeness (QED) is 0.766. The van der Waals surface area contributed by atoms with Crippen molar-refractivity contribution in [2.45, 2.75) is 18.7 Å². The lowest BCUT2D eigenvalue weighted by molar-refractivity contribution is -0.895. The number of hydrogen-bond donors (Lipinski definition) is 2. The van der Waals surface area contributed by atoms with Crippen LogP contribution in [0.25, 0.3) is 0 Å². The van der Waals surface area contributed by atoms with Gasteiger partial charge < -0.3 is 10.2 Å². The summed E-state index contributed by atoms with van der Waals surface area (Å²) in [5, 5.41) is 3.35. The van der Waals surface area contributed by atoms with E-state index in [2.05, 4.69) is 5.32 Å². The molecule has 1 aliphatic heterocycles. The Morgan fingerprint density at radius 3 is 2.29 bits per heavy atom. The van der Waals surface area contributed by atoms with Gasteiger partial charge in [-0.05, 0) is 43.7 Å². The van der Waals surface area contributed by atoms with Crippen molar-refractivity contribution in [2.75, 3.05) is 38.0 Å². The van der Waals surface area contributed by atoms with Crippen LogP contribution in [-0.4, -0.2) is 51.4 Å². The second-order valence-electron chi connectivity index (χ2n) is 7.18. The largest absolute Gasteiger partial charge is 0.325 e. The van der Waals surface area contributed by atoms with E-state index >= 15 is 0 Å². The Labute approximate surface area is 171 Å². The molecule has 1 fully saturated rings. The van der Waals surface area contributed by atoms with Gasteiger partial charge in [0.2, 0.25) is 10.0 Å². The first-order valence-corrected chi connectivity index (χ1v) is 11.0. The predicted molar refractivity (Wildman–Crippen MR) is 110 cm³/mol. The molecule has 8 heteroatoms. The fourth-order valence-corrected chi connectivity index (χ4v) is 4.95. The number of aryl methyl sites for hydroxylation is 2. The van der Waals surface area contributed by atoms with Crippen LogP contribution in [0.5, 0.6) is 0 Å². The molecule has 3 rings (SSSR count). The van der Waals surface area contributed by atoms with Crippen molar-refractivity contribution in [2.24, 2.45) is 0 Å². The summed E-state index contributed by atoms with van der Waals surface area (Å²) in [4.78, 5) is 13.7. The maximum atomic E-state index is 12.8. The molecule has 150 valence electrons. The maximum Gasteiger partial charge on any atom is 0.279 e. The Kier molecular flexibility index (Phi) is 6.40. The van der Waals surface area contributed by atoms with Crippen LogP contribution in [0.15, 0.2) is 47.4 Å². The van der Waals surface area contributed by atoms with E-state index in [-0.39, 0.29) is 12.5 Å². The fourth-order valence-electron chi connectivity index (χ4n) is 3.22. The number of piperazine rings is 1. The van der Waals surface area contributed by atoms with Crippen LogP contribution in [-0.2, 0) is 14.8 Å². The van der Waals surface area contributed by atoms with E-state index in [0.717, 1.165) is 16.0 Å². The normalized spacial score (nSPS) is 16.1. The lowest BCUT2D eigenvalue weighted by atomic mass is 10.2. The molecule has 1 amide bonds. The van der Waals surface area contributed by atoms with Crippen LogP contribution in [0, 0.1) is 13.8 Å². The average molecular weight is 423 g/mol. The molecular weight excluding hydrogens is 398 g/mol.